The molecule has 0 radical (unpaired) electrons. The third-order valence-corrected chi connectivity index (χ3v) is 8.59. The van der Waals surface area contributed by atoms with Gasteiger partial charge in [-0.3, -0.25) is 4.79 Å². The molecule has 1 amide bonds. The molecule has 0 aromatic heterocycles. The van der Waals surface area contributed by atoms with Gasteiger partial charge in [-0.1, -0.05) is 204 Å². The van der Waals surface area contributed by atoms with Crippen molar-refractivity contribution in [3.05, 3.63) is 35.9 Å². The van der Waals surface area contributed by atoms with E-state index in [0.29, 0.717) is 6.42 Å². The molecule has 1 rings (SSSR count). The van der Waals surface area contributed by atoms with Crippen LogP contribution in [0.15, 0.2) is 30.3 Å². The zero-order valence-electron chi connectivity index (χ0n) is 27.0. The molecule has 0 fully saturated rings. The number of hydrogen-bond donors (Lipinski definition) is 1. The fraction of sp³-hybridized carbons (Fsp3) is 0.816. The Labute approximate surface area is 251 Å². The quantitative estimate of drug-likeness (QED) is 0.0907. The van der Waals surface area contributed by atoms with Crippen LogP contribution in [-0.4, -0.2) is 12.5 Å². The Morgan fingerprint density at radius 2 is 0.800 bits per heavy atom. The van der Waals surface area contributed by atoms with E-state index >= 15 is 0 Å². The predicted molar refractivity (Wildman–Crippen MR) is 178 cm³/mol. The van der Waals surface area contributed by atoms with Gasteiger partial charge in [0.25, 0.3) is 0 Å². The van der Waals surface area contributed by atoms with E-state index in [1.165, 1.54) is 173 Å². The molecule has 0 spiro atoms. The van der Waals surface area contributed by atoms with Gasteiger partial charge in [-0.05, 0) is 18.4 Å². The van der Waals surface area contributed by atoms with Crippen LogP contribution in [0.2, 0.25) is 0 Å². The summed E-state index contributed by atoms with van der Waals surface area (Å²) in [5.41, 5.74) is 1.29. The van der Waals surface area contributed by atoms with E-state index in [-0.39, 0.29) is 5.91 Å². The van der Waals surface area contributed by atoms with Crippen molar-refractivity contribution in [1.29, 1.82) is 0 Å². The molecule has 1 N–H and O–H groups in total. The minimum Gasteiger partial charge on any atom is -0.356 e. The molecule has 0 aliphatic rings. The van der Waals surface area contributed by atoms with E-state index in [1.807, 2.05) is 6.07 Å². The number of unbranched alkanes of at least 4 members (excludes halogenated alkanes) is 26. The first-order valence-corrected chi connectivity index (χ1v) is 18.1. The molecular formula is C38H69NO. The number of benzene rings is 1. The molecule has 0 saturated heterocycles. The highest BCUT2D eigenvalue weighted by Crippen LogP contribution is 2.16. The molecule has 0 unspecified atom stereocenters. The zero-order valence-corrected chi connectivity index (χ0v) is 27.0. The van der Waals surface area contributed by atoms with Gasteiger partial charge in [0.2, 0.25) is 5.91 Å². The van der Waals surface area contributed by atoms with Crippen LogP contribution in [-0.2, 0) is 11.2 Å². The second-order valence-corrected chi connectivity index (χ2v) is 12.5. The molecule has 0 atom stereocenters. The minimum absolute atomic E-state index is 0.218. The number of hydrogen-bond acceptors (Lipinski definition) is 1. The molecule has 1 aromatic rings. The van der Waals surface area contributed by atoms with E-state index < -0.39 is 0 Å². The summed E-state index contributed by atoms with van der Waals surface area (Å²) >= 11 is 0. The van der Waals surface area contributed by atoms with Crippen molar-refractivity contribution in [2.24, 2.45) is 0 Å². The van der Waals surface area contributed by atoms with Crippen molar-refractivity contribution in [3.8, 4) is 0 Å². The molecule has 2 nitrogen and oxygen atoms in total. The van der Waals surface area contributed by atoms with Gasteiger partial charge in [0.05, 0.1) is 0 Å². The number of carbonyl (C=O) groups excluding carboxylic acids is 1. The van der Waals surface area contributed by atoms with Crippen LogP contribution in [0.25, 0.3) is 0 Å². The van der Waals surface area contributed by atoms with Crippen molar-refractivity contribution in [2.45, 2.75) is 193 Å². The van der Waals surface area contributed by atoms with Crippen molar-refractivity contribution >= 4 is 5.91 Å². The van der Waals surface area contributed by atoms with Crippen LogP contribution in [0, 0.1) is 0 Å². The smallest absolute Gasteiger partial charge is 0.220 e. The molecule has 0 bridgehead atoms. The second kappa shape index (κ2) is 30.6. The maximum Gasteiger partial charge on any atom is 0.220 e. The first-order valence-electron chi connectivity index (χ1n) is 18.1. The van der Waals surface area contributed by atoms with Gasteiger partial charge in [0.1, 0.15) is 0 Å². The summed E-state index contributed by atoms with van der Waals surface area (Å²) in [6.45, 7) is 3.05. The summed E-state index contributed by atoms with van der Waals surface area (Å²) in [4.78, 5) is 12.0. The van der Waals surface area contributed by atoms with Crippen LogP contribution in [0.5, 0.6) is 0 Å². The lowest BCUT2D eigenvalue weighted by Gasteiger charge is -2.06. The van der Waals surface area contributed by atoms with E-state index in [1.54, 1.807) is 0 Å². The average molecular weight is 556 g/mol. The number of amides is 1. The lowest BCUT2D eigenvalue weighted by atomic mass is 10.0. The van der Waals surface area contributed by atoms with Gasteiger partial charge in [0, 0.05) is 13.0 Å². The van der Waals surface area contributed by atoms with E-state index in [2.05, 4.69) is 36.5 Å². The standard InChI is InChI=1S/C38H69NO/c1-2-3-4-5-6-7-8-9-10-11-12-13-14-15-16-17-18-19-20-21-22-23-24-25-26-27-31-34-38(40)39-36-35-37-32-29-28-30-33-37/h28-30,32-33H,2-27,31,34-36H2,1H3,(H,39,40). The Morgan fingerprint density at radius 1 is 0.475 bits per heavy atom. The fourth-order valence-electron chi connectivity index (χ4n) is 5.86. The van der Waals surface area contributed by atoms with Crippen LogP contribution in [0.4, 0.5) is 0 Å². The molecule has 40 heavy (non-hydrogen) atoms. The Hall–Kier alpha value is -1.31. The maximum atomic E-state index is 12.0. The summed E-state index contributed by atoms with van der Waals surface area (Å²) in [5.74, 6) is 0.218. The lowest BCUT2D eigenvalue weighted by molar-refractivity contribution is -0.121. The highest BCUT2D eigenvalue weighted by atomic mass is 16.1. The van der Waals surface area contributed by atoms with Gasteiger partial charge >= 0.3 is 0 Å². The molecular weight excluding hydrogens is 486 g/mol. The topological polar surface area (TPSA) is 29.1 Å². The predicted octanol–water partition coefficient (Wildman–Crippen LogP) is 12.3. The molecule has 1 aromatic carbocycles. The highest BCUT2D eigenvalue weighted by molar-refractivity contribution is 5.75. The van der Waals surface area contributed by atoms with Gasteiger partial charge in [-0.25, -0.2) is 0 Å². The monoisotopic (exact) mass is 556 g/mol. The zero-order chi connectivity index (χ0) is 28.6. The van der Waals surface area contributed by atoms with Gasteiger partial charge in [0.15, 0.2) is 0 Å². The Bertz CT molecular complexity index is 628. The van der Waals surface area contributed by atoms with Gasteiger partial charge in [-0.2, -0.15) is 0 Å². The number of rotatable bonds is 31. The Morgan fingerprint density at radius 3 is 1.15 bits per heavy atom. The van der Waals surface area contributed by atoms with Crippen molar-refractivity contribution in [1.82, 2.24) is 5.32 Å². The van der Waals surface area contributed by atoms with E-state index in [4.69, 9.17) is 0 Å². The van der Waals surface area contributed by atoms with Gasteiger partial charge < -0.3 is 5.32 Å². The van der Waals surface area contributed by atoms with Crippen molar-refractivity contribution in [3.63, 3.8) is 0 Å². The Balaban J connectivity index is 1.66. The fourth-order valence-corrected chi connectivity index (χ4v) is 5.86. The maximum absolute atomic E-state index is 12.0. The van der Waals surface area contributed by atoms with Crippen LogP contribution in [0.3, 0.4) is 0 Å². The largest absolute Gasteiger partial charge is 0.356 e. The number of carbonyl (C=O) groups is 1. The van der Waals surface area contributed by atoms with Crippen molar-refractivity contribution < 1.29 is 4.79 Å². The SMILES string of the molecule is CCCCCCCCCCCCCCCCCCCCCCCCCCCCCC(=O)NCCc1ccccc1. The van der Waals surface area contributed by atoms with E-state index in [0.717, 1.165) is 19.4 Å². The third-order valence-electron chi connectivity index (χ3n) is 8.59. The van der Waals surface area contributed by atoms with Crippen LogP contribution in [0.1, 0.15) is 192 Å². The molecule has 0 aliphatic carbocycles. The first-order chi connectivity index (χ1) is 19.8. The number of nitrogens with one attached hydrogen (secondary N) is 1. The third kappa shape index (κ3) is 26.9. The van der Waals surface area contributed by atoms with Crippen LogP contribution < -0.4 is 5.32 Å². The summed E-state index contributed by atoms with van der Waals surface area (Å²) in [5, 5.41) is 3.06. The summed E-state index contributed by atoms with van der Waals surface area (Å²) in [6, 6.07) is 10.4. The average Bonchev–Trinajstić information content (AvgIpc) is 2.97. The van der Waals surface area contributed by atoms with E-state index in [9.17, 15) is 4.79 Å². The van der Waals surface area contributed by atoms with Crippen molar-refractivity contribution in [2.75, 3.05) is 6.54 Å². The molecule has 0 aliphatic heterocycles. The minimum atomic E-state index is 0.218. The molecule has 2 heteroatoms. The second-order valence-electron chi connectivity index (χ2n) is 12.5. The molecule has 0 saturated carbocycles. The summed E-state index contributed by atoms with van der Waals surface area (Å²) in [6.07, 6.45) is 39.9. The normalized spacial score (nSPS) is 11.2. The van der Waals surface area contributed by atoms with Crippen LogP contribution >= 0.6 is 0 Å². The highest BCUT2D eigenvalue weighted by Gasteiger charge is 2.01. The lowest BCUT2D eigenvalue weighted by Crippen LogP contribution is -2.25. The summed E-state index contributed by atoms with van der Waals surface area (Å²) < 4.78 is 0. The van der Waals surface area contributed by atoms with Gasteiger partial charge in [-0.15, -0.1) is 0 Å². The molecule has 0 heterocycles. The summed E-state index contributed by atoms with van der Waals surface area (Å²) in [7, 11) is 0. The molecule has 232 valence electrons. The Kier molecular flexibility index (Phi) is 28.1. The first kappa shape index (κ1) is 36.7.